The topological polar surface area (TPSA) is 60.3 Å². The van der Waals surface area contributed by atoms with Gasteiger partial charge in [-0.25, -0.2) is 0 Å². The number of benzene rings is 1. The van der Waals surface area contributed by atoms with Crippen molar-refractivity contribution in [3.8, 4) is 5.75 Å². The van der Waals surface area contributed by atoms with E-state index < -0.39 is 0 Å². The van der Waals surface area contributed by atoms with Gasteiger partial charge in [-0.2, -0.15) is 0 Å². The summed E-state index contributed by atoms with van der Waals surface area (Å²) in [6, 6.07) is 11.2. The molecule has 5 heteroatoms. The van der Waals surface area contributed by atoms with Crippen molar-refractivity contribution in [2.45, 2.75) is 32.1 Å². The molecule has 1 aromatic heterocycles. The molecule has 1 amide bonds. The molecule has 1 N–H and O–H groups in total. The van der Waals surface area contributed by atoms with Crippen LogP contribution in [0, 0.1) is 0 Å². The van der Waals surface area contributed by atoms with Crippen molar-refractivity contribution in [1.29, 1.82) is 0 Å². The van der Waals surface area contributed by atoms with Crippen LogP contribution in [0.25, 0.3) is 0 Å². The zero-order valence-electron chi connectivity index (χ0n) is 15.3. The summed E-state index contributed by atoms with van der Waals surface area (Å²) in [4.78, 5) is 24.3. The largest absolute Gasteiger partial charge is 0.496 e. The Kier molecular flexibility index (Phi) is 6.02. The molecule has 1 atom stereocenters. The third kappa shape index (κ3) is 4.10. The lowest BCUT2D eigenvalue weighted by Gasteiger charge is -2.30. The Hall–Kier alpha value is -2.56. The van der Waals surface area contributed by atoms with Gasteiger partial charge in [0.1, 0.15) is 11.3 Å². The second-order valence-electron chi connectivity index (χ2n) is 6.46. The molecule has 134 valence electrons. The molecule has 0 radical (unpaired) electrons. The van der Waals surface area contributed by atoms with Gasteiger partial charge in [-0.1, -0.05) is 32.0 Å². The van der Waals surface area contributed by atoms with Gasteiger partial charge in [0.2, 0.25) is 0 Å². The Morgan fingerprint density at radius 1 is 1.24 bits per heavy atom. The van der Waals surface area contributed by atoms with Gasteiger partial charge in [0, 0.05) is 25.4 Å². The van der Waals surface area contributed by atoms with E-state index in [9.17, 15) is 9.59 Å². The molecule has 0 fully saturated rings. The minimum Gasteiger partial charge on any atom is -0.496 e. The Morgan fingerprint density at radius 3 is 2.64 bits per heavy atom. The van der Waals surface area contributed by atoms with Crippen LogP contribution < -0.4 is 15.6 Å². The van der Waals surface area contributed by atoms with Gasteiger partial charge in [0.15, 0.2) is 0 Å². The quantitative estimate of drug-likeness (QED) is 0.842. The molecule has 0 spiro atoms. The number of methoxy groups -OCH3 is 1. The predicted octanol–water partition coefficient (Wildman–Crippen LogP) is 2.88. The summed E-state index contributed by atoms with van der Waals surface area (Å²) in [6.07, 6.45) is 3.30. The Labute approximate surface area is 148 Å². The van der Waals surface area contributed by atoms with Crippen LogP contribution in [0.4, 0.5) is 0 Å². The standard InChI is InChI=1S/C20H26N2O3/c1-5-20(2,16-10-6-7-11-17(16)25-4)12-13-21-18(23)15-9-8-14-22(3)19(15)24/h6-11,14H,5,12-13H2,1-4H3,(H,21,23)/t20-/m1/s1. The van der Waals surface area contributed by atoms with E-state index >= 15 is 0 Å². The highest BCUT2D eigenvalue weighted by Gasteiger charge is 2.27. The van der Waals surface area contributed by atoms with Crippen LogP contribution in [-0.2, 0) is 12.5 Å². The predicted molar refractivity (Wildman–Crippen MR) is 99.3 cm³/mol. The van der Waals surface area contributed by atoms with Crippen molar-refractivity contribution in [1.82, 2.24) is 9.88 Å². The molecule has 0 saturated carbocycles. The molecule has 1 heterocycles. The number of aryl methyl sites for hydroxylation is 1. The Bertz CT molecular complexity index is 798. The van der Waals surface area contributed by atoms with Crippen molar-refractivity contribution in [3.05, 3.63) is 64.1 Å². The highest BCUT2D eigenvalue weighted by molar-refractivity contribution is 5.93. The lowest BCUT2D eigenvalue weighted by Crippen LogP contribution is -2.35. The molecule has 0 aliphatic rings. The second kappa shape index (κ2) is 8.01. The van der Waals surface area contributed by atoms with E-state index in [1.54, 1.807) is 32.5 Å². The number of para-hydroxylation sites is 1. The zero-order chi connectivity index (χ0) is 18.4. The van der Waals surface area contributed by atoms with Gasteiger partial charge >= 0.3 is 0 Å². The van der Waals surface area contributed by atoms with Gasteiger partial charge < -0.3 is 14.6 Å². The molecular weight excluding hydrogens is 316 g/mol. The van der Waals surface area contributed by atoms with Crippen LogP contribution in [0.2, 0.25) is 0 Å². The molecule has 1 aromatic carbocycles. The third-order valence-electron chi connectivity index (χ3n) is 4.87. The van der Waals surface area contributed by atoms with Gasteiger partial charge in [0.05, 0.1) is 7.11 Å². The molecule has 0 bridgehead atoms. The number of hydrogen-bond donors (Lipinski definition) is 1. The van der Waals surface area contributed by atoms with E-state index in [0.29, 0.717) is 6.54 Å². The fourth-order valence-electron chi connectivity index (χ4n) is 2.96. The summed E-state index contributed by atoms with van der Waals surface area (Å²) >= 11 is 0. The summed E-state index contributed by atoms with van der Waals surface area (Å²) in [5.41, 5.74) is 0.884. The van der Waals surface area contributed by atoms with E-state index in [1.165, 1.54) is 4.57 Å². The van der Waals surface area contributed by atoms with Crippen LogP contribution in [-0.4, -0.2) is 24.1 Å². The number of hydrogen-bond acceptors (Lipinski definition) is 3. The van der Waals surface area contributed by atoms with Crippen molar-refractivity contribution in [2.24, 2.45) is 7.05 Å². The number of ether oxygens (including phenoxy) is 1. The average molecular weight is 342 g/mol. The molecular formula is C20H26N2O3. The number of nitrogens with zero attached hydrogens (tertiary/aromatic N) is 1. The van der Waals surface area contributed by atoms with Crippen LogP contribution in [0.3, 0.4) is 0 Å². The van der Waals surface area contributed by atoms with Crippen molar-refractivity contribution >= 4 is 5.91 Å². The third-order valence-corrected chi connectivity index (χ3v) is 4.87. The summed E-state index contributed by atoms with van der Waals surface area (Å²) in [5.74, 6) is 0.523. The maximum Gasteiger partial charge on any atom is 0.263 e. The van der Waals surface area contributed by atoms with E-state index in [0.717, 1.165) is 24.2 Å². The Balaban J connectivity index is 2.09. The smallest absolute Gasteiger partial charge is 0.263 e. The second-order valence-corrected chi connectivity index (χ2v) is 6.46. The summed E-state index contributed by atoms with van der Waals surface area (Å²) in [6.45, 7) is 4.78. The Morgan fingerprint density at radius 2 is 1.96 bits per heavy atom. The fourth-order valence-corrected chi connectivity index (χ4v) is 2.96. The molecule has 0 aliphatic carbocycles. The minimum atomic E-state index is -0.334. The van der Waals surface area contributed by atoms with Crippen LogP contribution in [0.5, 0.6) is 5.75 Å². The lowest BCUT2D eigenvalue weighted by atomic mass is 9.77. The van der Waals surface area contributed by atoms with Gasteiger partial charge in [0.25, 0.3) is 11.5 Å². The average Bonchev–Trinajstić information content (AvgIpc) is 2.63. The van der Waals surface area contributed by atoms with Crippen molar-refractivity contribution in [3.63, 3.8) is 0 Å². The number of pyridine rings is 1. The van der Waals surface area contributed by atoms with E-state index in [1.807, 2.05) is 18.2 Å². The van der Waals surface area contributed by atoms with Gasteiger partial charge in [-0.15, -0.1) is 0 Å². The summed E-state index contributed by atoms with van der Waals surface area (Å²) in [5, 5.41) is 2.87. The number of amides is 1. The number of carbonyl (C=O) groups excluding carboxylic acids is 1. The SMILES string of the molecule is CC[C@](C)(CCNC(=O)c1cccn(C)c1=O)c1ccccc1OC. The maximum absolute atomic E-state index is 12.3. The summed E-state index contributed by atoms with van der Waals surface area (Å²) < 4.78 is 6.89. The first-order valence-electron chi connectivity index (χ1n) is 8.50. The number of nitrogens with one attached hydrogen (secondary N) is 1. The molecule has 2 rings (SSSR count). The fraction of sp³-hybridized carbons (Fsp3) is 0.400. The first-order valence-corrected chi connectivity index (χ1v) is 8.50. The zero-order valence-corrected chi connectivity index (χ0v) is 15.3. The first kappa shape index (κ1) is 18.8. The normalized spacial score (nSPS) is 13.1. The molecule has 2 aromatic rings. The molecule has 0 unspecified atom stereocenters. The van der Waals surface area contributed by atoms with E-state index in [4.69, 9.17) is 4.74 Å². The van der Waals surface area contributed by atoms with Gasteiger partial charge in [-0.05, 0) is 36.5 Å². The molecule has 5 nitrogen and oxygen atoms in total. The van der Waals surface area contributed by atoms with Crippen molar-refractivity contribution in [2.75, 3.05) is 13.7 Å². The minimum absolute atomic E-state index is 0.123. The number of carbonyl (C=O) groups is 1. The monoisotopic (exact) mass is 342 g/mol. The number of aromatic nitrogens is 1. The van der Waals surface area contributed by atoms with Crippen LogP contribution in [0.15, 0.2) is 47.4 Å². The van der Waals surface area contributed by atoms with Crippen LogP contribution in [0.1, 0.15) is 42.6 Å². The first-order chi connectivity index (χ1) is 11.9. The van der Waals surface area contributed by atoms with E-state index in [-0.39, 0.29) is 22.4 Å². The highest BCUT2D eigenvalue weighted by Crippen LogP contribution is 2.36. The maximum atomic E-state index is 12.3. The highest BCUT2D eigenvalue weighted by atomic mass is 16.5. The lowest BCUT2D eigenvalue weighted by molar-refractivity contribution is 0.0948. The molecule has 25 heavy (non-hydrogen) atoms. The molecule has 0 saturated heterocycles. The van der Waals surface area contributed by atoms with Crippen molar-refractivity contribution < 1.29 is 9.53 Å². The van der Waals surface area contributed by atoms with Gasteiger partial charge in [-0.3, -0.25) is 9.59 Å². The van der Waals surface area contributed by atoms with Crippen LogP contribution >= 0.6 is 0 Å². The molecule has 0 aliphatic heterocycles. The summed E-state index contributed by atoms with van der Waals surface area (Å²) in [7, 11) is 3.30. The number of rotatable bonds is 7. The van der Waals surface area contributed by atoms with E-state index in [2.05, 4.69) is 25.2 Å².